The zero-order chi connectivity index (χ0) is 16.9. The number of hydrogen-bond acceptors (Lipinski definition) is 3. The van der Waals surface area contributed by atoms with Gasteiger partial charge in [-0.05, 0) is 36.9 Å². The van der Waals surface area contributed by atoms with Gasteiger partial charge in [0.1, 0.15) is 0 Å². The fraction of sp³-hybridized carbons (Fsp3) is 0.562. The predicted molar refractivity (Wildman–Crippen MR) is 82.8 cm³/mol. The molecule has 0 saturated carbocycles. The molecule has 0 bridgehead atoms. The molecule has 0 aromatic heterocycles. The Bertz CT molecular complexity index is 534. The number of nitrogens with zero attached hydrogens (tertiary/aromatic N) is 1. The molecule has 1 atom stereocenters. The van der Waals surface area contributed by atoms with E-state index in [1.807, 2.05) is 18.2 Å². The molecule has 1 amide bonds. The summed E-state index contributed by atoms with van der Waals surface area (Å²) in [5.41, 5.74) is 7.41. The molecule has 1 aliphatic rings. The summed E-state index contributed by atoms with van der Waals surface area (Å²) in [7, 11) is 0. The van der Waals surface area contributed by atoms with Crippen molar-refractivity contribution in [3.8, 4) is 0 Å². The third-order valence-corrected chi connectivity index (χ3v) is 4.04. The van der Waals surface area contributed by atoms with Crippen molar-refractivity contribution in [3.05, 3.63) is 29.8 Å². The number of nitrogen functional groups attached to an aromatic ring is 1. The minimum Gasteiger partial charge on any atom is -0.399 e. The summed E-state index contributed by atoms with van der Waals surface area (Å²) in [4.78, 5) is 13.2. The van der Waals surface area contributed by atoms with Crippen LogP contribution in [0.15, 0.2) is 24.3 Å². The van der Waals surface area contributed by atoms with Gasteiger partial charge in [-0.1, -0.05) is 18.2 Å². The summed E-state index contributed by atoms with van der Waals surface area (Å²) in [5.74, 6) is -0.00869. The van der Waals surface area contributed by atoms with E-state index >= 15 is 0 Å². The van der Waals surface area contributed by atoms with Gasteiger partial charge in [-0.15, -0.1) is 0 Å². The maximum atomic E-state index is 12.3. The molecule has 1 fully saturated rings. The number of nitrogens with two attached hydrogens (primary N) is 1. The SMILES string of the molecule is Nc1ccccc1CCC(=O)NCC1CCN(CC(F)(F)F)C1. The monoisotopic (exact) mass is 329 g/mol. The summed E-state index contributed by atoms with van der Waals surface area (Å²) >= 11 is 0. The summed E-state index contributed by atoms with van der Waals surface area (Å²) in [6.07, 6.45) is -2.59. The standard InChI is InChI=1S/C16H22F3N3O/c17-16(18,19)11-22-8-7-12(10-22)9-21-15(23)6-5-13-3-1-2-4-14(13)20/h1-4,12H,5-11,20H2,(H,21,23). The van der Waals surface area contributed by atoms with E-state index in [1.165, 1.54) is 4.90 Å². The van der Waals surface area contributed by atoms with Gasteiger partial charge in [-0.25, -0.2) is 0 Å². The van der Waals surface area contributed by atoms with Crippen molar-refractivity contribution < 1.29 is 18.0 Å². The van der Waals surface area contributed by atoms with Crippen LogP contribution in [0.2, 0.25) is 0 Å². The van der Waals surface area contributed by atoms with Crippen LogP contribution < -0.4 is 11.1 Å². The summed E-state index contributed by atoms with van der Waals surface area (Å²) in [6, 6.07) is 7.39. The van der Waals surface area contributed by atoms with Gasteiger partial charge in [0.25, 0.3) is 0 Å². The van der Waals surface area contributed by atoms with E-state index in [1.54, 1.807) is 6.07 Å². The number of amides is 1. The Hall–Kier alpha value is -1.76. The number of alkyl halides is 3. The quantitative estimate of drug-likeness (QED) is 0.787. The Morgan fingerprint density at radius 1 is 1.35 bits per heavy atom. The summed E-state index contributed by atoms with van der Waals surface area (Å²) < 4.78 is 37.0. The smallest absolute Gasteiger partial charge is 0.399 e. The molecular formula is C16H22F3N3O. The van der Waals surface area contributed by atoms with Crippen LogP contribution in [0.3, 0.4) is 0 Å². The van der Waals surface area contributed by atoms with Crippen LogP contribution >= 0.6 is 0 Å². The second-order valence-corrected chi connectivity index (χ2v) is 6.01. The normalized spacial score (nSPS) is 19.0. The van der Waals surface area contributed by atoms with Gasteiger partial charge in [0, 0.05) is 25.2 Å². The van der Waals surface area contributed by atoms with Crippen LogP contribution in [0.25, 0.3) is 0 Å². The van der Waals surface area contributed by atoms with Gasteiger partial charge in [0.05, 0.1) is 6.54 Å². The fourth-order valence-electron chi connectivity index (χ4n) is 2.83. The highest BCUT2D eigenvalue weighted by Gasteiger charge is 2.34. The lowest BCUT2D eigenvalue weighted by molar-refractivity contribution is -0.143. The second kappa shape index (κ2) is 7.68. The maximum absolute atomic E-state index is 12.3. The molecule has 1 unspecified atom stereocenters. The molecule has 1 heterocycles. The van der Waals surface area contributed by atoms with Crippen molar-refractivity contribution in [1.29, 1.82) is 0 Å². The van der Waals surface area contributed by atoms with E-state index in [4.69, 9.17) is 5.73 Å². The second-order valence-electron chi connectivity index (χ2n) is 6.01. The van der Waals surface area contributed by atoms with E-state index in [9.17, 15) is 18.0 Å². The number of anilines is 1. The number of benzene rings is 1. The summed E-state index contributed by atoms with van der Waals surface area (Å²) in [6.45, 7) is 0.369. The number of nitrogens with one attached hydrogen (secondary N) is 1. The highest BCUT2D eigenvalue weighted by atomic mass is 19.4. The number of carbonyl (C=O) groups is 1. The molecular weight excluding hydrogens is 307 g/mol. The van der Waals surface area contributed by atoms with Crippen LogP contribution in [-0.4, -0.2) is 43.2 Å². The Labute approximate surface area is 133 Å². The minimum absolute atomic E-state index is 0.0862. The van der Waals surface area contributed by atoms with Gasteiger partial charge in [0.15, 0.2) is 0 Å². The lowest BCUT2D eigenvalue weighted by atomic mass is 10.1. The molecule has 4 nitrogen and oxygen atoms in total. The Morgan fingerprint density at radius 2 is 2.09 bits per heavy atom. The molecule has 0 radical (unpaired) electrons. The van der Waals surface area contributed by atoms with E-state index in [2.05, 4.69) is 5.32 Å². The Balaban J connectivity index is 1.66. The molecule has 23 heavy (non-hydrogen) atoms. The first kappa shape index (κ1) is 17.6. The topological polar surface area (TPSA) is 58.4 Å². The molecule has 2 rings (SSSR count). The van der Waals surface area contributed by atoms with Crippen LogP contribution in [-0.2, 0) is 11.2 Å². The average Bonchev–Trinajstić information content (AvgIpc) is 2.89. The number of halogens is 3. The zero-order valence-corrected chi connectivity index (χ0v) is 12.9. The number of para-hydroxylation sites is 1. The molecule has 0 aliphatic carbocycles. The van der Waals surface area contributed by atoms with E-state index < -0.39 is 12.7 Å². The number of rotatable bonds is 6. The van der Waals surface area contributed by atoms with E-state index in [0.717, 1.165) is 5.56 Å². The van der Waals surface area contributed by atoms with Gasteiger partial charge in [-0.2, -0.15) is 13.2 Å². The van der Waals surface area contributed by atoms with Crippen LogP contribution in [0.5, 0.6) is 0 Å². The van der Waals surface area contributed by atoms with Gasteiger partial charge in [0.2, 0.25) is 5.91 Å². The molecule has 128 valence electrons. The van der Waals surface area contributed by atoms with Crippen molar-refractivity contribution >= 4 is 11.6 Å². The third-order valence-electron chi connectivity index (χ3n) is 4.04. The fourth-order valence-corrected chi connectivity index (χ4v) is 2.83. The highest BCUT2D eigenvalue weighted by molar-refractivity contribution is 5.76. The predicted octanol–water partition coefficient (Wildman–Crippen LogP) is 2.20. The van der Waals surface area contributed by atoms with Crippen LogP contribution in [0.4, 0.5) is 18.9 Å². The number of hydrogen-bond donors (Lipinski definition) is 2. The highest BCUT2D eigenvalue weighted by Crippen LogP contribution is 2.22. The van der Waals surface area contributed by atoms with Crippen molar-refractivity contribution in [2.24, 2.45) is 5.92 Å². The molecule has 1 aromatic carbocycles. The van der Waals surface area contributed by atoms with Gasteiger partial charge in [-0.3, -0.25) is 9.69 Å². The van der Waals surface area contributed by atoms with Crippen molar-refractivity contribution in [2.45, 2.75) is 25.4 Å². The largest absolute Gasteiger partial charge is 0.401 e. The van der Waals surface area contributed by atoms with Crippen molar-refractivity contribution in [2.75, 3.05) is 31.9 Å². The minimum atomic E-state index is -4.16. The number of likely N-dealkylation sites (tertiary alicyclic amines) is 1. The molecule has 1 aromatic rings. The molecule has 0 spiro atoms. The van der Waals surface area contributed by atoms with Gasteiger partial charge < -0.3 is 11.1 Å². The van der Waals surface area contributed by atoms with Crippen molar-refractivity contribution in [3.63, 3.8) is 0 Å². The van der Waals surface area contributed by atoms with Crippen LogP contribution in [0.1, 0.15) is 18.4 Å². The Morgan fingerprint density at radius 3 is 2.78 bits per heavy atom. The molecule has 3 N–H and O–H groups in total. The van der Waals surface area contributed by atoms with E-state index in [-0.39, 0.29) is 11.8 Å². The van der Waals surface area contributed by atoms with E-state index in [0.29, 0.717) is 44.6 Å². The van der Waals surface area contributed by atoms with Gasteiger partial charge >= 0.3 is 6.18 Å². The zero-order valence-electron chi connectivity index (χ0n) is 12.9. The number of carbonyl (C=O) groups excluding carboxylic acids is 1. The molecule has 7 heteroatoms. The maximum Gasteiger partial charge on any atom is 0.401 e. The first-order chi connectivity index (χ1) is 10.8. The lowest BCUT2D eigenvalue weighted by Gasteiger charge is -2.18. The Kier molecular flexibility index (Phi) is 5.87. The first-order valence-electron chi connectivity index (χ1n) is 7.72. The first-order valence-corrected chi connectivity index (χ1v) is 7.72. The third kappa shape index (κ3) is 6.09. The lowest BCUT2D eigenvalue weighted by Crippen LogP contribution is -2.34. The molecule has 1 aliphatic heterocycles. The van der Waals surface area contributed by atoms with Crippen LogP contribution in [0, 0.1) is 5.92 Å². The summed E-state index contributed by atoms with van der Waals surface area (Å²) in [5, 5.41) is 2.81. The average molecular weight is 329 g/mol. The number of aryl methyl sites for hydroxylation is 1. The van der Waals surface area contributed by atoms with Crippen molar-refractivity contribution in [1.82, 2.24) is 10.2 Å². The molecule has 1 saturated heterocycles.